The van der Waals surface area contributed by atoms with Crippen LogP contribution in [0, 0.1) is 0 Å². The fraction of sp³-hybridized carbons (Fsp3) is 0.250. The van der Waals surface area contributed by atoms with Crippen LogP contribution in [0.2, 0.25) is 0 Å². The number of rotatable bonds is 10. The minimum atomic E-state index is -0.171. The van der Waals surface area contributed by atoms with E-state index >= 15 is 0 Å². The largest absolute Gasteiger partial charge is 0.494 e. The Morgan fingerprint density at radius 1 is 1.03 bits per heavy atom. The highest BCUT2D eigenvalue weighted by molar-refractivity contribution is 6.02. The van der Waals surface area contributed by atoms with Crippen molar-refractivity contribution in [2.24, 2.45) is 16.7 Å². The number of amidine groups is 1. The highest BCUT2D eigenvalue weighted by Gasteiger charge is 2.19. The average molecular weight is 501 g/mol. The quantitative estimate of drug-likeness (QED) is 0.148. The molecule has 37 heavy (non-hydrogen) atoms. The highest BCUT2D eigenvalue weighted by Crippen LogP contribution is 2.32. The summed E-state index contributed by atoms with van der Waals surface area (Å²) in [5.74, 6) is 6.76. The molecule has 0 unspecified atom stereocenters. The number of hydrogen-bond donors (Lipinski definition) is 2. The van der Waals surface area contributed by atoms with Crippen LogP contribution in [0.1, 0.15) is 36.6 Å². The number of unbranched alkanes of at least 4 members (excludes halogenated alkanes) is 1. The van der Waals surface area contributed by atoms with Crippen LogP contribution in [0.15, 0.2) is 76.9 Å². The molecule has 2 heterocycles. The van der Waals surface area contributed by atoms with Crippen LogP contribution in [0.3, 0.4) is 0 Å². The molecule has 9 nitrogen and oxygen atoms in total. The zero-order valence-electron chi connectivity index (χ0n) is 21.3. The summed E-state index contributed by atoms with van der Waals surface area (Å²) in [5, 5.41) is 3.62. The summed E-state index contributed by atoms with van der Waals surface area (Å²) in [6, 6.07) is 16.9. The minimum Gasteiger partial charge on any atom is -0.494 e. The summed E-state index contributed by atoms with van der Waals surface area (Å²) in [6.45, 7) is 2.51. The van der Waals surface area contributed by atoms with E-state index in [-0.39, 0.29) is 11.5 Å². The summed E-state index contributed by atoms with van der Waals surface area (Å²) in [7, 11) is 3.16. The van der Waals surface area contributed by atoms with Gasteiger partial charge >= 0.3 is 5.69 Å². The Bertz CT molecular complexity index is 1430. The van der Waals surface area contributed by atoms with Gasteiger partial charge in [0.15, 0.2) is 5.84 Å². The third-order valence-electron chi connectivity index (χ3n) is 6.27. The Balaban J connectivity index is 1.73. The number of nitrogens with two attached hydrogens (primary N) is 2. The lowest BCUT2D eigenvalue weighted by Gasteiger charge is -2.12. The number of hydrazone groups is 1. The van der Waals surface area contributed by atoms with Gasteiger partial charge in [-0.2, -0.15) is 5.10 Å². The summed E-state index contributed by atoms with van der Waals surface area (Å²) in [4.78, 5) is 18.3. The first-order chi connectivity index (χ1) is 18.0. The maximum Gasteiger partial charge on any atom is 0.333 e. The summed E-state index contributed by atoms with van der Waals surface area (Å²) in [5.41, 5.74) is 10.5. The molecule has 0 bridgehead atoms. The first-order valence-electron chi connectivity index (χ1n) is 12.1. The highest BCUT2D eigenvalue weighted by atomic mass is 16.5. The van der Waals surface area contributed by atoms with Crippen molar-refractivity contribution < 1.29 is 9.47 Å². The van der Waals surface area contributed by atoms with Crippen LogP contribution in [0.25, 0.3) is 16.9 Å². The van der Waals surface area contributed by atoms with Crippen molar-refractivity contribution in [1.29, 1.82) is 0 Å². The van der Waals surface area contributed by atoms with E-state index in [1.54, 1.807) is 29.6 Å². The number of methoxy groups -OCH3 is 2. The molecular weight excluding hydrogens is 468 g/mol. The van der Waals surface area contributed by atoms with Gasteiger partial charge in [-0.15, -0.1) is 0 Å². The van der Waals surface area contributed by atoms with Crippen LogP contribution in [0.4, 0.5) is 0 Å². The first kappa shape index (κ1) is 25.6. The molecule has 0 saturated heterocycles. The molecule has 4 N–H and O–H groups in total. The maximum atomic E-state index is 13.7. The second kappa shape index (κ2) is 11.5. The lowest BCUT2D eigenvalue weighted by molar-refractivity contribution is 0.390. The molecule has 192 valence electrons. The van der Waals surface area contributed by atoms with Crippen molar-refractivity contribution in [3.8, 4) is 28.4 Å². The van der Waals surface area contributed by atoms with Crippen molar-refractivity contribution in [3.05, 3.63) is 94.3 Å². The van der Waals surface area contributed by atoms with E-state index in [1.807, 2.05) is 60.8 Å². The lowest BCUT2D eigenvalue weighted by atomic mass is 10.0. The number of hydrogen-bond acceptors (Lipinski definition) is 6. The van der Waals surface area contributed by atoms with Gasteiger partial charge in [-0.3, -0.25) is 14.1 Å². The van der Waals surface area contributed by atoms with E-state index in [0.29, 0.717) is 29.3 Å². The maximum absolute atomic E-state index is 13.7. The molecule has 0 saturated carbocycles. The van der Waals surface area contributed by atoms with Crippen molar-refractivity contribution in [2.75, 3.05) is 14.2 Å². The first-order valence-corrected chi connectivity index (χ1v) is 12.1. The predicted octanol–water partition coefficient (Wildman–Crippen LogP) is 3.69. The molecule has 0 spiro atoms. The number of para-hydroxylation sites is 1. The van der Waals surface area contributed by atoms with E-state index in [9.17, 15) is 4.79 Å². The van der Waals surface area contributed by atoms with Crippen molar-refractivity contribution >= 4 is 5.84 Å². The lowest BCUT2D eigenvalue weighted by Crippen LogP contribution is -2.25. The zero-order valence-corrected chi connectivity index (χ0v) is 21.3. The molecule has 0 fully saturated rings. The Kier molecular flexibility index (Phi) is 7.92. The van der Waals surface area contributed by atoms with Gasteiger partial charge < -0.3 is 21.1 Å². The molecule has 0 radical (unpaired) electrons. The molecule has 9 heteroatoms. The standard InChI is InChI=1S/C28H32N6O3/c1-4-5-9-20-18-34(26-24(36-2)12-8-13-25(26)37-3)28(35)33(20)17-19-14-15-23(31-16-19)21-10-6-7-11-22(21)27(29)32-30/h6-8,10-16,18H,4-5,9,17,30H2,1-3H3,(H2,29,32). The smallest absolute Gasteiger partial charge is 0.333 e. The zero-order chi connectivity index (χ0) is 26.4. The van der Waals surface area contributed by atoms with Gasteiger partial charge in [0.1, 0.15) is 17.2 Å². The molecule has 0 atom stereocenters. The van der Waals surface area contributed by atoms with Crippen LogP contribution in [-0.2, 0) is 13.0 Å². The average Bonchev–Trinajstić information content (AvgIpc) is 3.25. The number of pyridine rings is 1. The normalized spacial score (nSPS) is 11.5. The van der Waals surface area contributed by atoms with Crippen LogP contribution in [-0.4, -0.2) is 34.2 Å². The molecule has 4 aromatic rings. The van der Waals surface area contributed by atoms with Gasteiger partial charge in [0.25, 0.3) is 0 Å². The molecule has 0 aliphatic carbocycles. The van der Waals surface area contributed by atoms with Crippen LogP contribution < -0.4 is 26.7 Å². The fourth-order valence-corrected chi connectivity index (χ4v) is 4.34. The van der Waals surface area contributed by atoms with Gasteiger partial charge in [0.2, 0.25) is 0 Å². The number of aryl methyl sites for hydroxylation is 1. The second-order valence-electron chi connectivity index (χ2n) is 8.59. The molecule has 4 rings (SSSR count). The monoisotopic (exact) mass is 500 g/mol. The van der Waals surface area contributed by atoms with Crippen LogP contribution >= 0.6 is 0 Å². The Morgan fingerprint density at radius 3 is 2.38 bits per heavy atom. The number of aromatic nitrogens is 3. The Hall–Kier alpha value is -4.53. The van der Waals surface area contributed by atoms with Gasteiger partial charge in [0, 0.05) is 29.2 Å². The minimum absolute atomic E-state index is 0.171. The number of benzene rings is 2. The molecule has 0 aliphatic rings. The predicted molar refractivity (Wildman–Crippen MR) is 145 cm³/mol. The fourth-order valence-electron chi connectivity index (χ4n) is 4.34. The third kappa shape index (κ3) is 5.20. The Labute approximate surface area is 216 Å². The summed E-state index contributed by atoms with van der Waals surface area (Å²) in [6.07, 6.45) is 6.41. The van der Waals surface area contributed by atoms with E-state index in [0.717, 1.165) is 41.8 Å². The van der Waals surface area contributed by atoms with E-state index in [2.05, 4.69) is 17.0 Å². The van der Waals surface area contributed by atoms with Gasteiger partial charge in [-0.25, -0.2) is 4.79 Å². The number of nitrogens with zero attached hydrogens (tertiary/aromatic N) is 4. The topological polar surface area (TPSA) is 123 Å². The SMILES string of the molecule is CCCCc1cn(-c2c(OC)cccc2OC)c(=O)n1Cc1ccc(-c2ccccc2/C(N)=N/N)nc1. The Morgan fingerprint density at radius 2 is 1.76 bits per heavy atom. The van der Waals surface area contributed by atoms with E-state index in [1.165, 1.54) is 0 Å². The molecule has 0 aliphatic heterocycles. The molecule has 2 aromatic carbocycles. The van der Waals surface area contributed by atoms with Crippen molar-refractivity contribution in [2.45, 2.75) is 32.7 Å². The van der Waals surface area contributed by atoms with Crippen molar-refractivity contribution in [1.82, 2.24) is 14.1 Å². The third-order valence-corrected chi connectivity index (χ3v) is 6.27. The van der Waals surface area contributed by atoms with Gasteiger partial charge in [-0.05, 0) is 36.6 Å². The summed E-state index contributed by atoms with van der Waals surface area (Å²) >= 11 is 0. The van der Waals surface area contributed by atoms with Gasteiger partial charge in [0.05, 0.1) is 26.5 Å². The molecular formula is C28H32N6O3. The van der Waals surface area contributed by atoms with E-state index < -0.39 is 0 Å². The number of ether oxygens (including phenoxy) is 2. The van der Waals surface area contributed by atoms with Gasteiger partial charge in [-0.1, -0.05) is 49.7 Å². The molecule has 0 amide bonds. The molecule has 2 aromatic heterocycles. The van der Waals surface area contributed by atoms with Crippen molar-refractivity contribution in [3.63, 3.8) is 0 Å². The number of imidazole rings is 1. The summed E-state index contributed by atoms with van der Waals surface area (Å²) < 4.78 is 14.5. The second-order valence-corrected chi connectivity index (χ2v) is 8.59. The van der Waals surface area contributed by atoms with E-state index in [4.69, 9.17) is 21.1 Å². The van der Waals surface area contributed by atoms with Crippen LogP contribution in [0.5, 0.6) is 11.5 Å².